The van der Waals surface area contributed by atoms with Crippen molar-refractivity contribution in [1.82, 2.24) is 0 Å². The monoisotopic (exact) mass is 310 g/mol. The number of benzene rings is 1. The van der Waals surface area contributed by atoms with Gasteiger partial charge in [0.05, 0.1) is 0 Å². The minimum absolute atomic E-state index is 0.0457. The van der Waals surface area contributed by atoms with Gasteiger partial charge in [-0.1, -0.05) is 39.3 Å². The van der Waals surface area contributed by atoms with Crippen molar-refractivity contribution in [3.63, 3.8) is 0 Å². The van der Waals surface area contributed by atoms with E-state index in [1.807, 2.05) is 0 Å². The predicted octanol–water partition coefficient (Wildman–Crippen LogP) is 3.53. The van der Waals surface area contributed by atoms with E-state index in [-0.39, 0.29) is 21.7 Å². The molecule has 0 aliphatic heterocycles. The molecule has 116 valence electrons. The van der Waals surface area contributed by atoms with E-state index in [9.17, 15) is 13.0 Å². The van der Waals surface area contributed by atoms with Crippen LogP contribution in [0.25, 0.3) is 0 Å². The first-order valence-corrected chi connectivity index (χ1v) is 8.88. The lowest BCUT2D eigenvalue weighted by molar-refractivity contribution is 0.0814. The Morgan fingerprint density at radius 1 is 1.24 bits per heavy atom. The van der Waals surface area contributed by atoms with Crippen LogP contribution in [0.5, 0.6) is 5.75 Å². The van der Waals surface area contributed by atoms with Crippen LogP contribution in [0.4, 0.5) is 0 Å². The van der Waals surface area contributed by atoms with Crippen molar-refractivity contribution in [2.24, 2.45) is 17.3 Å². The Kier molecular flexibility index (Phi) is 3.16. The molecule has 1 aromatic rings. The zero-order valence-corrected chi connectivity index (χ0v) is 13.5. The molecule has 0 radical (unpaired) electrons. The van der Waals surface area contributed by atoms with E-state index in [2.05, 4.69) is 20.8 Å². The van der Waals surface area contributed by atoms with Gasteiger partial charge in [-0.3, -0.25) is 4.55 Å². The van der Waals surface area contributed by atoms with Crippen LogP contribution in [0, 0.1) is 17.3 Å². The average molecular weight is 310 g/mol. The van der Waals surface area contributed by atoms with Gasteiger partial charge in [0, 0.05) is 11.3 Å². The van der Waals surface area contributed by atoms with Crippen molar-refractivity contribution in [2.45, 2.75) is 50.5 Å². The summed E-state index contributed by atoms with van der Waals surface area (Å²) in [5.74, 6) is 1.29. The van der Waals surface area contributed by atoms with Crippen molar-refractivity contribution < 1.29 is 17.7 Å². The summed E-state index contributed by atoms with van der Waals surface area (Å²) in [4.78, 5) is -0.140. The maximum atomic E-state index is 11.5. The molecule has 2 saturated carbocycles. The van der Waals surface area contributed by atoms with Crippen LogP contribution in [0.3, 0.4) is 0 Å². The normalized spacial score (nSPS) is 34.1. The van der Waals surface area contributed by atoms with Crippen molar-refractivity contribution in [3.8, 4) is 5.75 Å². The molecule has 0 heterocycles. The third kappa shape index (κ3) is 2.18. The van der Waals surface area contributed by atoms with Gasteiger partial charge in [-0.2, -0.15) is 8.42 Å². The summed E-state index contributed by atoms with van der Waals surface area (Å²) < 4.78 is 38.6. The zero-order valence-electron chi connectivity index (χ0n) is 12.7. The van der Waals surface area contributed by atoms with E-state index in [1.165, 1.54) is 12.5 Å². The first-order valence-electron chi connectivity index (χ1n) is 7.44. The fourth-order valence-corrected chi connectivity index (χ4v) is 4.80. The van der Waals surface area contributed by atoms with Crippen LogP contribution in [0.2, 0.25) is 0 Å². The maximum Gasteiger partial charge on any atom is 0.298 e. The minimum atomic E-state index is -4.27. The third-order valence-electron chi connectivity index (χ3n) is 5.46. The number of hydrogen-bond acceptors (Lipinski definition) is 3. The molecule has 3 unspecified atom stereocenters. The molecule has 3 rings (SSSR count). The fraction of sp³-hybridized carbons (Fsp3) is 0.625. The first-order chi connectivity index (χ1) is 9.68. The van der Waals surface area contributed by atoms with Gasteiger partial charge in [-0.25, -0.2) is 0 Å². The largest absolute Gasteiger partial charge is 0.485 e. The number of hydrogen-bond donors (Lipinski definition) is 1. The van der Waals surface area contributed by atoms with Gasteiger partial charge in [0.1, 0.15) is 16.2 Å². The lowest BCUT2D eigenvalue weighted by atomic mass is 9.88. The molecule has 0 amide bonds. The van der Waals surface area contributed by atoms with E-state index < -0.39 is 10.1 Å². The highest BCUT2D eigenvalue weighted by molar-refractivity contribution is 7.86. The quantitative estimate of drug-likeness (QED) is 0.868. The second kappa shape index (κ2) is 4.46. The molecule has 1 N–H and O–H groups in total. The lowest BCUT2D eigenvalue weighted by Crippen LogP contribution is -2.31. The summed E-state index contributed by atoms with van der Waals surface area (Å²) in [6.45, 7) is 6.59. The smallest absolute Gasteiger partial charge is 0.298 e. The Hall–Kier alpha value is -1.07. The molecule has 21 heavy (non-hydrogen) atoms. The molecule has 0 spiro atoms. The summed E-state index contributed by atoms with van der Waals surface area (Å²) in [7, 11) is -4.27. The van der Waals surface area contributed by atoms with E-state index in [1.54, 1.807) is 18.2 Å². The van der Waals surface area contributed by atoms with Crippen LogP contribution >= 0.6 is 0 Å². The number of rotatable bonds is 3. The van der Waals surface area contributed by atoms with Crippen LogP contribution in [-0.4, -0.2) is 18.6 Å². The van der Waals surface area contributed by atoms with Gasteiger partial charge in [0.15, 0.2) is 0 Å². The van der Waals surface area contributed by atoms with Crippen LogP contribution in [0.15, 0.2) is 29.2 Å². The topological polar surface area (TPSA) is 63.6 Å². The molecular formula is C16H22O4S. The minimum Gasteiger partial charge on any atom is -0.485 e. The van der Waals surface area contributed by atoms with E-state index >= 15 is 0 Å². The number of fused-ring (bicyclic) bond motifs is 1. The Labute approximate surface area is 126 Å². The molecule has 2 fully saturated rings. The van der Waals surface area contributed by atoms with Crippen molar-refractivity contribution >= 4 is 10.1 Å². The summed E-state index contributed by atoms with van der Waals surface area (Å²) in [5, 5.41) is 0. The highest BCUT2D eigenvalue weighted by Gasteiger charge is 2.74. The fourth-order valence-electron chi connectivity index (χ4n) is 4.18. The zero-order chi connectivity index (χ0) is 15.5. The standard InChI is InChI=1S/C16H22O4S/c1-11-8-9-14-15(2,3)16(14,10-11)20-12-6-4-5-7-13(12)21(17,18)19/h4-7,11,14H,8-10H2,1-3H3,(H,17,18,19). The van der Waals surface area contributed by atoms with Crippen molar-refractivity contribution in [1.29, 1.82) is 0 Å². The van der Waals surface area contributed by atoms with Gasteiger partial charge in [-0.15, -0.1) is 0 Å². The summed E-state index contributed by atoms with van der Waals surface area (Å²) in [5.41, 5.74) is -0.254. The highest BCUT2D eigenvalue weighted by Crippen LogP contribution is 2.70. The molecule has 1 aromatic carbocycles. The summed E-state index contributed by atoms with van der Waals surface area (Å²) >= 11 is 0. The van der Waals surface area contributed by atoms with Crippen molar-refractivity contribution in [2.75, 3.05) is 0 Å². The van der Waals surface area contributed by atoms with E-state index in [0.29, 0.717) is 11.8 Å². The Bertz CT molecular complexity index is 665. The summed E-state index contributed by atoms with van der Waals surface area (Å²) in [6, 6.07) is 6.34. The predicted molar refractivity (Wildman–Crippen MR) is 79.9 cm³/mol. The highest BCUT2D eigenvalue weighted by atomic mass is 32.2. The van der Waals surface area contributed by atoms with Gasteiger partial charge in [-0.05, 0) is 30.9 Å². The van der Waals surface area contributed by atoms with Crippen molar-refractivity contribution in [3.05, 3.63) is 24.3 Å². The van der Waals surface area contributed by atoms with Crippen LogP contribution in [-0.2, 0) is 10.1 Å². The first kappa shape index (κ1) is 14.9. The van der Waals surface area contributed by atoms with E-state index in [0.717, 1.165) is 12.8 Å². The molecule has 4 nitrogen and oxygen atoms in total. The molecule has 0 saturated heterocycles. The third-order valence-corrected chi connectivity index (χ3v) is 6.35. The molecular weight excluding hydrogens is 288 g/mol. The molecule has 2 aliphatic carbocycles. The van der Waals surface area contributed by atoms with Gasteiger partial charge >= 0.3 is 0 Å². The second-order valence-electron chi connectivity index (χ2n) is 7.07. The maximum absolute atomic E-state index is 11.5. The molecule has 0 aromatic heterocycles. The Balaban J connectivity index is 1.98. The van der Waals surface area contributed by atoms with Crippen LogP contribution in [0.1, 0.15) is 40.0 Å². The molecule has 2 aliphatic rings. The molecule has 3 atom stereocenters. The van der Waals surface area contributed by atoms with Gasteiger partial charge < -0.3 is 4.74 Å². The lowest BCUT2D eigenvalue weighted by Gasteiger charge is -2.29. The second-order valence-corrected chi connectivity index (χ2v) is 8.46. The summed E-state index contributed by atoms with van der Waals surface area (Å²) in [6.07, 6.45) is 3.24. The van der Waals surface area contributed by atoms with Gasteiger partial charge in [0.25, 0.3) is 10.1 Å². The average Bonchev–Trinajstić information content (AvgIpc) is 2.83. The number of para-hydroxylation sites is 1. The van der Waals surface area contributed by atoms with Gasteiger partial charge in [0.2, 0.25) is 0 Å². The molecule has 5 heteroatoms. The molecule has 0 bridgehead atoms. The van der Waals surface area contributed by atoms with Crippen LogP contribution < -0.4 is 4.74 Å². The Morgan fingerprint density at radius 2 is 1.90 bits per heavy atom. The van der Waals surface area contributed by atoms with E-state index in [4.69, 9.17) is 4.74 Å². The SMILES string of the molecule is CC1CCC2C(C)(C)C2(Oc2ccccc2S(=O)(=O)O)C1. The number of ether oxygens (including phenoxy) is 1. The Morgan fingerprint density at radius 3 is 2.57 bits per heavy atom.